The molecule has 0 spiro atoms. The third kappa shape index (κ3) is 5.04. The molecule has 1 N–H and O–H groups in total. The quantitative estimate of drug-likeness (QED) is 0.524. The maximum absolute atomic E-state index is 11.9. The van der Waals surface area contributed by atoms with Crippen LogP contribution in [0.3, 0.4) is 0 Å². The van der Waals surface area contributed by atoms with Crippen LogP contribution in [0.2, 0.25) is 0 Å². The molecule has 2 aromatic rings. The van der Waals surface area contributed by atoms with Crippen LogP contribution in [0.25, 0.3) is 0 Å². The van der Waals surface area contributed by atoms with Crippen molar-refractivity contribution in [1.82, 2.24) is 10.4 Å². The molecule has 21 heavy (non-hydrogen) atoms. The molecular weight excluding hydrogens is 282 g/mol. The predicted octanol–water partition coefficient (Wildman–Crippen LogP) is 3.02. The monoisotopic (exact) mass is 299 g/mol. The summed E-state index contributed by atoms with van der Waals surface area (Å²) in [5, 5.41) is 3.73. The van der Waals surface area contributed by atoms with E-state index in [1.165, 1.54) is 17.3 Å². The summed E-state index contributed by atoms with van der Waals surface area (Å²) in [6.45, 7) is 3.90. The minimum absolute atomic E-state index is 0.124. The summed E-state index contributed by atoms with van der Waals surface area (Å²) in [5.41, 5.74) is 4.59. The highest BCUT2D eigenvalue weighted by Crippen LogP contribution is 2.23. The Labute approximate surface area is 128 Å². The summed E-state index contributed by atoms with van der Waals surface area (Å²) in [7, 11) is 0. The van der Waals surface area contributed by atoms with Gasteiger partial charge in [0.15, 0.2) is 0 Å². The zero-order valence-electron chi connectivity index (χ0n) is 12.0. The fourth-order valence-corrected chi connectivity index (χ4v) is 2.45. The van der Waals surface area contributed by atoms with Crippen LogP contribution in [-0.4, -0.2) is 22.4 Å². The molecular formula is C16H17N3OS. The molecule has 1 amide bonds. The van der Waals surface area contributed by atoms with Gasteiger partial charge in [-0.15, -0.1) is 11.8 Å². The molecule has 108 valence electrons. The second-order valence-corrected chi connectivity index (χ2v) is 6.01. The summed E-state index contributed by atoms with van der Waals surface area (Å²) < 4.78 is 0. The van der Waals surface area contributed by atoms with Gasteiger partial charge in [0, 0.05) is 22.9 Å². The van der Waals surface area contributed by atoms with Crippen molar-refractivity contribution in [2.75, 3.05) is 0 Å². The first-order valence-electron chi connectivity index (χ1n) is 6.61. The van der Waals surface area contributed by atoms with Crippen LogP contribution in [0.1, 0.15) is 18.1 Å². The summed E-state index contributed by atoms with van der Waals surface area (Å²) in [6.07, 6.45) is 4.95. The lowest BCUT2D eigenvalue weighted by Crippen LogP contribution is -2.26. The second-order valence-electron chi connectivity index (χ2n) is 4.59. The highest BCUT2D eigenvalue weighted by Gasteiger charge is 2.13. The number of benzene rings is 1. The number of thioether (sulfide) groups is 1. The zero-order chi connectivity index (χ0) is 15.1. The van der Waals surface area contributed by atoms with E-state index in [0.717, 1.165) is 10.5 Å². The standard InChI is InChI=1S/C16H17N3OS/c1-12-5-7-15(8-6-12)21-13(2)16(20)19-18-11-14-4-3-9-17-10-14/h3-11,13H,1-2H3,(H,19,20)/b18-11-/t13-/m0/s1. The number of hydrogen-bond acceptors (Lipinski definition) is 4. The van der Waals surface area contributed by atoms with E-state index in [9.17, 15) is 4.79 Å². The number of carbonyl (C=O) groups is 1. The van der Waals surface area contributed by atoms with E-state index in [-0.39, 0.29) is 11.2 Å². The number of aryl methyl sites for hydroxylation is 1. The van der Waals surface area contributed by atoms with Crippen LogP contribution < -0.4 is 5.43 Å². The number of amides is 1. The number of hydrogen-bond donors (Lipinski definition) is 1. The molecule has 0 radical (unpaired) electrons. The lowest BCUT2D eigenvalue weighted by atomic mass is 10.2. The first kappa shape index (κ1) is 15.3. The molecule has 0 fully saturated rings. The smallest absolute Gasteiger partial charge is 0.253 e. The van der Waals surface area contributed by atoms with Crippen LogP contribution in [-0.2, 0) is 4.79 Å². The molecule has 0 saturated heterocycles. The number of aromatic nitrogens is 1. The molecule has 0 saturated carbocycles. The molecule has 0 aliphatic rings. The number of carbonyl (C=O) groups excluding carboxylic acids is 1. The van der Waals surface area contributed by atoms with Gasteiger partial charge in [-0.25, -0.2) is 5.43 Å². The normalized spacial score (nSPS) is 12.3. The molecule has 0 bridgehead atoms. The Balaban J connectivity index is 1.85. The van der Waals surface area contributed by atoms with Crippen molar-refractivity contribution < 1.29 is 4.79 Å². The summed E-state index contributed by atoms with van der Waals surface area (Å²) in [5.74, 6) is -0.124. The molecule has 1 aromatic heterocycles. The van der Waals surface area contributed by atoms with Gasteiger partial charge in [-0.3, -0.25) is 9.78 Å². The van der Waals surface area contributed by atoms with E-state index < -0.39 is 0 Å². The molecule has 1 aromatic carbocycles. The van der Waals surface area contributed by atoms with Gasteiger partial charge in [0.05, 0.1) is 11.5 Å². The summed E-state index contributed by atoms with van der Waals surface area (Å²) in [6, 6.07) is 11.8. The van der Waals surface area contributed by atoms with Gasteiger partial charge in [0.25, 0.3) is 5.91 Å². The van der Waals surface area contributed by atoms with Crippen LogP contribution in [0.5, 0.6) is 0 Å². The van der Waals surface area contributed by atoms with E-state index in [4.69, 9.17) is 0 Å². The Morgan fingerprint density at radius 2 is 2.10 bits per heavy atom. The highest BCUT2D eigenvalue weighted by molar-refractivity contribution is 8.00. The van der Waals surface area contributed by atoms with E-state index >= 15 is 0 Å². The van der Waals surface area contributed by atoms with E-state index in [1.807, 2.05) is 50.2 Å². The van der Waals surface area contributed by atoms with Gasteiger partial charge in [-0.2, -0.15) is 5.10 Å². The Morgan fingerprint density at radius 3 is 2.76 bits per heavy atom. The fourth-order valence-electron chi connectivity index (χ4n) is 1.59. The maximum atomic E-state index is 11.9. The van der Waals surface area contributed by atoms with Crippen molar-refractivity contribution in [3.8, 4) is 0 Å². The highest BCUT2D eigenvalue weighted by atomic mass is 32.2. The first-order chi connectivity index (χ1) is 10.1. The van der Waals surface area contributed by atoms with Crippen molar-refractivity contribution in [3.63, 3.8) is 0 Å². The van der Waals surface area contributed by atoms with E-state index in [1.54, 1.807) is 18.6 Å². The van der Waals surface area contributed by atoms with Crippen LogP contribution >= 0.6 is 11.8 Å². The average Bonchev–Trinajstić information content (AvgIpc) is 2.50. The Kier molecular flexibility index (Phi) is 5.51. The Hall–Kier alpha value is -2.14. The molecule has 4 nitrogen and oxygen atoms in total. The van der Waals surface area contributed by atoms with Gasteiger partial charge < -0.3 is 0 Å². The third-order valence-corrected chi connectivity index (χ3v) is 3.89. The molecule has 1 atom stereocenters. The number of nitrogens with zero attached hydrogens (tertiary/aromatic N) is 2. The van der Waals surface area contributed by atoms with Crippen molar-refractivity contribution in [2.45, 2.75) is 24.0 Å². The SMILES string of the molecule is Cc1ccc(S[C@@H](C)C(=O)N/N=C\c2cccnc2)cc1. The average molecular weight is 299 g/mol. The molecule has 2 rings (SSSR count). The van der Waals surface area contributed by atoms with Crippen molar-refractivity contribution in [3.05, 3.63) is 59.9 Å². The van der Waals surface area contributed by atoms with Crippen LogP contribution in [0.4, 0.5) is 0 Å². The minimum atomic E-state index is -0.209. The number of hydrazone groups is 1. The Morgan fingerprint density at radius 1 is 1.33 bits per heavy atom. The van der Waals surface area contributed by atoms with E-state index in [2.05, 4.69) is 15.5 Å². The predicted molar refractivity (Wildman–Crippen MR) is 86.5 cm³/mol. The van der Waals surface area contributed by atoms with Crippen molar-refractivity contribution in [1.29, 1.82) is 0 Å². The van der Waals surface area contributed by atoms with Gasteiger partial charge in [0.1, 0.15) is 0 Å². The molecule has 0 aliphatic heterocycles. The van der Waals surface area contributed by atoms with Gasteiger partial charge in [-0.1, -0.05) is 23.8 Å². The zero-order valence-corrected chi connectivity index (χ0v) is 12.8. The van der Waals surface area contributed by atoms with Crippen LogP contribution in [0, 0.1) is 6.92 Å². The molecule has 0 aliphatic carbocycles. The van der Waals surface area contributed by atoms with Gasteiger partial charge in [0.2, 0.25) is 0 Å². The lowest BCUT2D eigenvalue weighted by Gasteiger charge is -2.09. The maximum Gasteiger partial charge on any atom is 0.253 e. The lowest BCUT2D eigenvalue weighted by molar-refractivity contribution is -0.120. The summed E-state index contributed by atoms with van der Waals surface area (Å²) >= 11 is 1.51. The summed E-state index contributed by atoms with van der Waals surface area (Å²) in [4.78, 5) is 17.0. The fraction of sp³-hybridized carbons (Fsp3) is 0.188. The topological polar surface area (TPSA) is 54.4 Å². The molecule has 0 unspecified atom stereocenters. The minimum Gasteiger partial charge on any atom is -0.272 e. The third-order valence-electron chi connectivity index (χ3n) is 2.78. The Bertz CT molecular complexity index is 611. The van der Waals surface area contributed by atoms with Crippen LogP contribution in [0.15, 0.2) is 58.8 Å². The number of rotatable bonds is 5. The molecule has 5 heteroatoms. The molecule has 1 heterocycles. The second kappa shape index (κ2) is 7.59. The number of pyridine rings is 1. The van der Waals surface area contributed by atoms with Gasteiger partial charge in [-0.05, 0) is 32.0 Å². The number of nitrogens with one attached hydrogen (secondary N) is 1. The van der Waals surface area contributed by atoms with Crippen molar-refractivity contribution in [2.24, 2.45) is 5.10 Å². The largest absolute Gasteiger partial charge is 0.272 e. The van der Waals surface area contributed by atoms with E-state index in [0.29, 0.717) is 0 Å². The van der Waals surface area contributed by atoms with Crippen molar-refractivity contribution >= 4 is 23.9 Å². The van der Waals surface area contributed by atoms with Gasteiger partial charge >= 0.3 is 0 Å². The first-order valence-corrected chi connectivity index (χ1v) is 7.49.